The van der Waals surface area contributed by atoms with Crippen molar-refractivity contribution in [1.82, 2.24) is 9.13 Å². The Kier molecular flexibility index (Phi) is 6.77. The quantitative estimate of drug-likeness (QED) is 0.435. The maximum absolute atomic E-state index is 14.4. The molecule has 1 atom stereocenters. The molecule has 0 bridgehead atoms. The Morgan fingerprint density at radius 1 is 0.882 bits per heavy atom. The number of hydrogen-bond donors (Lipinski definition) is 1. The summed E-state index contributed by atoms with van der Waals surface area (Å²) in [6.07, 6.45) is 0. The number of hydrogen-bond acceptors (Lipinski definition) is 3. The van der Waals surface area contributed by atoms with E-state index < -0.39 is 28.9 Å². The van der Waals surface area contributed by atoms with E-state index >= 15 is 0 Å². The van der Waals surface area contributed by atoms with E-state index in [1.807, 2.05) is 18.2 Å². The molecule has 0 amide bonds. The van der Waals surface area contributed by atoms with E-state index in [0.29, 0.717) is 10.6 Å². The molecule has 0 fully saturated rings. The van der Waals surface area contributed by atoms with Crippen LogP contribution < -0.4 is 17.0 Å². The Bertz CT molecular complexity index is 1430. The first-order valence-electron chi connectivity index (χ1n) is 10.6. The molecular weight excluding hydrogens is 460 g/mol. The molecule has 0 spiro atoms. The van der Waals surface area contributed by atoms with E-state index in [2.05, 4.69) is 0 Å². The van der Waals surface area contributed by atoms with Gasteiger partial charge in [-0.25, -0.2) is 13.6 Å². The highest BCUT2D eigenvalue weighted by Crippen LogP contribution is 2.23. The topological polar surface area (TPSA) is 70.0 Å². The lowest BCUT2D eigenvalue weighted by Gasteiger charge is -2.20. The SMILES string of the molecule is Cc1c(-c2ccc(Cl)cc2)c(=O)n(C[C@H](N)c2ccccc2)c(=O)n1Cc1c(F)cccc1F. The molecule has 1 aromatic heterocycles. The van der Waals surface area contributed by atoms with Gasteiger partial charge >= 0.3 is 5.69 Å². The average Bonchev–Trinajstić information content (AvgIpc) is 2.83. The Morgan fingerprint density at radius 3 is 2.12 bits per heavy atom. The van der Waals surface area contributed by atoms with Crippen molar-refractivity contribution in [3.05, 3.63) is 127 Å². The van der Waals surface area contributed by atoms with Crippen LogP contribution in [0.15, 0.2) is 82.4 Å². The maximum atomic E-state index is 14.4. The fourth-order valence-corrected chi connectivity index (χ4v) is 4.07. The van der Waals surface area contributed by atoms with Crippen LogP contribution in [0.2, 0.25) is 5.02 Å². The van der Waals surface area contributed by atoms with Crippen molar-refractivity contribution >= 4 is 11.6 Å². The van der Waals surface area contributed by atoms with Gasteiger partial charge in [-0.05, 0) is 42.3 Å². The number of aromatic nitrogens is 2. The number of benzene rings is 3. The number of nitrogens with two attached hydrogens (primary N) is 1. The number of nitrogens with zero attached hydrogens (tertiary/aromatic N) is 2. The second kappa shape index (κ2) is 9.75. The first kappa shape index (κ1) is 23.6. The third kappa shape index (κ3) is 4.58. The summed E-state index contributed by atoms with van der Waals surface area (Å²) >= 11 is 6.01. The molecule has 0 radical (unpaired) electrons. The molecule has 2 N–H and O–H groups in total. The van der Waals surface area contributed by atoms with Crippen LogP contribution in [0.4, 0.5) is 8.78 Å². The van der Waals surface area contributed by atoms with Gasteiger partial charge in [0.25, 0.3) is 5.56 Å². The monoisotopic (exact) mass is 481 g/mol. The average molecular weight is 482 g/mol. The van der Waals surface area contributed by atoms with Crippen molar-refractivity contribution in [2.75, 3.05) is 0 Å². The highest BCUT2D eigenvalue weighted by atomic mass is 35.5. The lowest BCUT2D eigenvalue weighted by Crippen LogP contribution is -2.44. The molecule has 4 rings (SSSR count). The van der Waals surface area contributed by atoms with Crippen LogP contribution in [-0.2, 0) is 13.1 Å². The lowest BCUT2D eigenvalue weighted by molar-refractivity contribution is 0.493. The summed E-state index contributed by atoms with van der Waals surface area (Å²) in [5, 5.41) is 0.481. The summed E-state index contributed by atoms with van der Waals surface area (Å²) in [4.78, 5) is 27.0. The van der Waals surface area contributed by atoms with Crippen molar-refractivity contribution in [3.8, 4) is 11.1 Å². The summed E-state index contributed by atoms with van der Waals surface area (Å²) in [6.45, 7) is 1.08. The minimum Gasteiger partial charge on any atom is -0.322 e. The summed E-state index contributed by atoms with van der Waals surface area (Å²) in [7, 11) is 0. The largest absolute Gasteiger partial charge is 0.331 e. The van der Waals surface area contributed by atoms with E-state index in [1.165, 1.54) is 10.6 Å². The molecule has 34 heavy (non-hydrogen) atoms. The summed E-state index contributed by atoms with van der Waals surface area (Å²) in [5.74, 6) is -1.56. The van der Waals surface area contributed by atoms with Gasteiger partial charge in [-0.3, -0.25) is 13.9 Å². The number of rotatable bonds is 6. The van der Waals surface area contributed by atoms with Crippen LogP contribution in [-0.4, -0.2) is 9.13 Å². The van der Waals surface area contributed by atoms with E-state index in [0.717, 1.165) is 22.3 Å². The Hall–Kier alpha value is -3.55. The Morgan fingerprint density at radius 2 is 1.50 bits per heavy atom. The molecule has 0 unspecified atom stereocenters. The minimum absolute atomic E-state index is 0.109. The Labute approximate surface area is 199 Å². The Balaban J connectivity index is 1.92. The molecule has 5 nitrogen and oxygen atoms in total. The molecule has 1 heterocycles. The zero-order valence-electron chi connectivity index (χ0n) is 18.3. The van der Waals surface area contributed by atoms with Crippen molar-refractivity contribution in [3.63, 3.8) is 0 Å². The van der Waals surface area contributed by atoms with Gasteiger partial charge in [0.2, 0.25) is 0 Å². The molecule has 8 heteroatoms. The van der Waals surface area contributed by atoms with Gasteiger partial charge in [-0.2, -0.15) is 0 Å². The van der Waals surface area contributed by atoms with Crippen LogP contribution in [0.5, 0.6) is 0 Å². The van der Waals surface area contributed by atoms with E-state index in [1.54, 1.807) is 43.3 Å². The summed E-state index contributed by atoms with van der Waals surface area (Å²) in [5.41, 5.74) is 6.59. The predicted molar refractivity (Wildman–Crippen MR) is 129 cm³/mol. The molecular formula is C26H22ClF2N3O2. The fraction of sp³-hybridized carbons (Fsp3) is 0.154. The summed E-state index contributed by atoms with van der Waals surface area (Å²) in [6, 6.07) is 18.5. The van der Waals surface area contributed by atoms with E-state index in [4.69, 9.17) is 17.3 Å². The third-order valence-electron chi connectivity index (χ3n) is 5.81. The van der Waals surface area contributed by atoms with Gasteiger partial charge in [-0.1, -0.05) is 60.1 Å². The zero-order valence-corrected chi connectivity index (χ0v) is 19.1. The first-order valence-corrected chi connectivity index (χ1v) is 11.0. The van der Waals surface area contributed by atoms with Crippen LogP contribution in [0.3, 0.4) is 0 Å². The highest BCUT2D eigenvalue weighted by molar-refractivity contribution is 6.30. The molecule has 174 valence electrons. The second-order valence-electron chi connectivity index (χ2n) is 7.97. The van der Waals surface area contributed by atoms with Crippen LogP contribution in [0.1, 0.15) is 22.9 Å². The molecule has 0 saturated carbocycles. The van der Waals surface area contributed by atoms with Gasteiger partial charge < -0.3 is 5.73 Å². The molecule has 0 saturated heterocycles. The van der Waals surface area contributed by atoms with Crippen molar-refractivity contribution in [2.24, 2.45) is 5.73 Å². The molecule has 4 aromatic rings. The van der Waals surface area contributed by atoms with Crippen LogP contribution in [0.25, 0.3) is 11.1 Å². The molecule has 3 aromatic carbocycles. The lowest BCUT2D eigenvalue weighted by atomic mass is 10.0. The smallest absolute Gasteiger partial charge is 0.322 e. The molecule has 0 aliphatic heterocycles. The van der Waals surface area contributed by atoms with Crippen molar-refractivity contribution < 1.29 is 8.78 Å². The maximum Gasteiger partial charge on any atom is 0.331 e. The van der Waals surface area contributed by atoms with Gasteiger partial charge in [0.05, 0.1) is 18.7 Å². The van der Waals surface area contributed by atoms with Crippen molar-refractivity contribution in [1.29, 1.82) is 0 Å². The van der Waals surface area contributed by atoms with Crippen LogP contribution >= 0.6 is 11.6 Å². The van der Waals surface area contributed by atoms with E-state index in [9.17, 15) is 18.4 Å². The van der Waals surface area contributed by atoms with Crippen molar-refractivity contribution in [2.45, 2.75) is 26.1 Å². The second-order valence-corrected chi connectivity index (χ2v) is 8.41. The van der Waals surface area contributed by atoms with E-state index in [-0.39, 0.29) is 29.9 Å². The van der Waals surface area contributed by atoms with Crippen LogP contribution in [0, 0.1) is 18.6 Å². The predicted octanol–water partition coefficient (Wildman–Crippen LogP) is 4.67. The fourth-order valence-electron chi connectivity index (χ4n) is 3.94. The third-order valence-corrected chi connectivity index (χ3v) is 6.06. The standard InChI is InChI=1S/C26H22ClF2N3O2/c1-16-24(18-10-12-19(27)13-11-18)25(33)32(15-23(30)17-6-3-2-4-7-17)26(34)31(16)14-20-21(28)8-5-9-22(20)29/h2-13,23H,14-15,30H2,1H3/t23-/m0/s1. The zero-order chi connectivity index (χ0) is 24.4. The minimum atomic E-state index is -0.780. The molecule has 0 aliphatic carbocycles. The normalized spacial score (nSPS) is 12.0. The summed E-state index contributed by atoms with van der Waals surface area (Å²) < 4.78 is 31.1. The first-order chi connectivity index (χ1) is 16.3. The van der Waals surface area contributed by atoms with Gasteiger partial charge in [0, 0.05) is 22.3 Å². The highest BCUT2D eigenvalue weighted by Gasteiger charge is 2.21. The number of halogens is 3. The van der Waals surface area contributed by atoms with Gasteiger partial charge in [-0.15, -0.1) is 0 Å². The van der Waals surface area contributed by atoms with Gasteiger partial charge in [0.15, 0.2) is 0 Å². The van der Waals surface area contributed by atoms with Gasteiger partial charge in [0.1, 0.15) is 11.6 Å². The molecule has 0 aliphatic rings.